The number of hydrogen-bond donors (Lipinski definition) is 2. The zero-order valence-electron chi connectivity index (χ0n) is 11.3. The van der Waals surface area contributed by atoms with Crippen LogP contribution < -0.4 is 5.32 Å². The van der Waals surface area contributed by atoms with Gasteiger partial charge in [0.05, 0.1) is 13.2 Å². The number of rotatable bonds is 7. The van der Waals surface area contributed by atoms with Crippen LogP contribution in [0.2, 0.25) is 0 Å². The van der Waals surface area contributed by atoms with Gasteiger partial charge in [0.1, 0.15) is 0 Å². The molecular weight excluding hydrogens is 248 g/mol. The number of aromatic nitrogens is 2. The molecule has 0 spiro atoms. The lowest BCUT2D eigenvalue weighted by atomic mass is 10.2. The summed E-state index contributed by atoms with van der Waals surface area (Å²) < 4.78 is 5.31. The quantitative estimate of drug-likeness (QED) is 0.752. The van der Waals surface area contributed by atoms with E-state index in [1.54, 1.807) is 0 Å². The summed E-state index contributed by atoms with van der Waals surface area (Å²) in [6, 6.07) is 0.556. The second-order valence-electron chi connectivity index (χ2n) is 5.07. The first kappa shape index (κ1) is 14.0. The van der Waals surface area contributed by atoms with E-state index in [1.807, 2.05) is 18.7 Å². The maximum Gasteiger partial charge on any atom is 0.322 e. The van der Waals surface area contributed by atoms with Crippen molar-refractivity contribution < 1.29 is 14.3 Å². The Morgan fingerprint density at radius 2 is 2.26 bits per heavy atom. The molecule has 7 heteroatoms. The monoisotopic (exact) mass is 268 g/mol. The average molecular weight is 268 g/mol. The van der Waals surface area contributed by atoms with Crippen molar-refractivity contribution in [2.45, 2.75) is 38.6 Å². The van der Waals surface area contributed by atoms with Gasteiger partial charge < -0.3 is 9.52 Å². The Kier molecular flexibility index (Phi) is 4.49. The van der Waals surface area contributed by atoms with E-state index in [2.05, 4.69) is 15.5 Å². The van der Waals surface area contributed by atoms with Gasteiger partial charge in [0.25, 0.3) is 0 Å². The van der Waals surface area contributed by atoms with Crippen molar-refractivity contribution in [1.29, 1.82) is 0 Å². The van der Waals surface area contributed by atoms with Gasteiger partial charge in [-0.25, -0.2) is 0 Å². The van der Waals surface area contributed by atoms with Crippen molar-refractivity contribution in [3.8, 4) is 0 Å². The number of carbonyl (C=O) groups is 1. The lowest BCUT2D eigenvalue weighted by Gasteiger charge is -2.19. The first-order valence-corrected chi connectivity index (χ1v) is 6.58. The fourth-order valence-electron chi connectivity index (χ4n) is 1.82. The highest BCUT2D eigenvalue weighted by Gasteiger charge is 2.30. The van der Waals surface area contributed by atoms with Crippen LogP contribution in [0.3, 0.4) is 0 Å². The van der Waals surface area contributed by atoms with Gasteiger partial charge in [-0.1, -0.05) is 18.9 Å². The van der Waals surface area contributed by atoms with E-state index < -0.39 is 0 Å². The Labute approximate surface area is 112 Å². The molecule has 0 saturated heterocycles. The third kappa shape index (κ3) is 4.00. The Hall–Kier alpha value is -1.47. The van der Waals surface area contributed by atoms with E-state index in [4.69, 9.17) is 9.52 Å². The van der Waals surface area contributed by atoms with Gasteiger partial charge in [-0.2, -0.15) is 0 Å². The van der Waals surface area contributed by atoms with Gasteiger partial charge in [0.2, 0.25) is 11.8 Å². The molecule has 0 aromatic carbocycles. The maximum absolute atomic E-state index is 11.8. The molecule has 19 heavy (non-hydrogen) atoms. The Morgan fingerprint density at radius 1 is 1.53 bits per heavy atom. The lowest BCUT2D eigenvalue weighted by molar-refractivity contribution is -0.117. The largest absolute Gasteiger partial charge is 0.408 e. The molecule has 1 aliphatic carbocycles. The zero-order chi connectivity index (χ0) is 13.8. The van der Waals surface area contributed by atoms with Crippen LogP contribution in [0.15, 0.2) is 4.42 Å². The van der Waals surface area contributed by atoms with E-state index in [0.717, 1.165) is 12.8 Å². The SMILES string of the molecule is CC(C)c1nnc(NC(=O)CN(CCO)C2CC2)o1. The predicted molar refractivity (Wildman–Crippen MR) is 68.7 cm³/mol. The number of hydrogen-bond acceptors (Lipinski definition) is 6. The summed E-state index contributed by atoms with van der Waals surface area (Å²) in [5.41, 5.74) is 0. The highest BCUT2D eigenvalue weighted by molar-refractivity contribution is 5.90. The topological polar surface area (TPSA) is 91.5 Å². The first-order chi connectivity index (χ1) is 9.10. The maximum atomic E-state index is 11.8. The number of amides is 1. The number of nitrogens with one attached hydrogen (secondary N) is 1. The second-order valence-corrected chi connectivity index (χ2v) is 5.07. The molecule has 2 rings (SSSR count). The third-order valence-electron chi connectivity index (χ3n) is 2.98. The van der Waals surface area contributed by atoms with Crippen LogP contribution in [0.1, 0.15) is 38.5 Å². The van der Waals surface area contributed by atoms with Crippen molar-refractivity contribution in [1.82, 2.24) is 15.1 Å². The number of nitrogens with zero attached hydrogens (tertiary/aromatic N) is 3. The fourth-order valence-corrected chi connectivity index (χ4v) is 1.82. The molecule has 1 heterocycles. The standard InChI is InChI=1S/C12H20N4O3/c1-8(2)11-14-15-12(19-11)13-10(18)7-16(5-6-17)9-3-4-9/h8-9,17H,3-7H2,1-2H3,(H,13,15,18). The molecule has 0 aliphatic heterocycles. The van der Waals surface area contributed by atoms with E-state index in [-0.39, 0.29) is 31.0 Å². The van der Waals surface area contributed by atoms with E-state index in [9.17, 15) is 4.79 Å². The van der Waals surface area contributed by atoms with E-state index in [1.165, 1.54) is 0 Å². The van der Waals surface area contributed by atoms with Crippen LogP contribution in [0, 0.1) is 0 Å². The normalized spacial score (nSPS) is 15.2. The van der Waals surface area contributed by atoms with Crippen molar-refractivity contribution in [2.75, 3.05) is 25.0 Å². The summed E-state index contributed by atoms with van der Waals surface area (Å²) in [5.74, 6) is 0.444. The molecule has 2 N–H and O–H groups in total. The van der Waals surface area contributed by atoms with Crippen LogP contribution >= 0.6 is 0 Å². The van der Waals surface area contributed by atoms with Crippen LogP contribution in [0.25, 0.3) is 0 Å². The summed E-state index contributed by atoms with van der Waals surface area (Å²) in [4.78, 5) is 13.8. The number of carbonyl (C=O) groups excluding carboxylic acids is 1. The van der Waals surface area contributed by atoms with E-state index >= 15 is 0 Å². The fraction of sp³-hybridized carbons (Fsp3) is 0.750. The molecule has 0 atom stereocenters. The number of aliphatic hydroxyl groups is 1. The van der Waals surface area contributed by atoms with Crippen LogP contribution in [0.4, 0.5) is 6.01 Å². The molecule has 1 fully saturated rings. The average Bonchev–Trinajstić information content (AvgIpc) is 3.09. The highest BCUT2D eigenvalue weighted by Crippen LogP contribution is 2.26. The minimum absolute atomic E-state index is 0.0574. The first-order valence-electron chi connectivity index (χ1n) is 6.58. The summed E-state index contributed by atoms with van der Waals surface area (Å²) in [6.45, 7) is 4.69. The molecule has 1 aromatic heterocycles. The molecule has 0 bridgehead atoms. The molecule has 1 aliphatic rings. The van der Waals surface area contributed by atoms with Gasteiger partial charge in [0.15, 0.2) is 0 Å². The van der Waals surface area contributed by atoms with Gasteiger partial charge in [-0.15, -0.1) is 5.10 Å². The van der Waals surface area contributed by atoms with Crippen molar-refractivity contribution in [3.05, 3.63) is 5.89 Å². The summed E-state index contributed by atoms with van der Waals surface area (Å²) in [7, 11) is 0. The Morgan fingerprint density at radius 3 is 2.79 bits per heavy atom. The van der Waals surface area contributed by atoms with Crippen LogP contribution in [0.5, 0.6) is 0 Å². The number of anilines is 1. The minimum Gasteiger partial charge on any atom is -0.408 e. The smallest absolute Gasteiger partial charge is 0.322 e. The van der Waals surface area contributed by atoms with Gasteiger partial charge in [-0.05, 0) is 12.8 Å². The highest BCUT2D eigenvalue weighted by atomic mass is 16.4. The predicted octanol–water partition coefficient (Wildman–Crippen LogP) is 0.588. The van der Waals surface area contributed by atoms with Crippen molar-refractivity contribution in [2.24, 2.45) is 0 Å². The summed E-state index contributed by atoms with van der Waals surface area (Å²) in [5, 5.41) is 19.2. The van der Waals surface area contributed by atoms with Crippen molar-refractivity contribution >= 4 is 11.9 Å². The molecule has 1 amide bonds. The third-order valence-corrected chi connectivity index (χ3v) is 2.98. The molecule has 1 saturated carbocycles. The number of aliphatic hydroxyl groups excluding tert-OH is 1. The molecular formula is C12H20N4O3. The molecule has 0 radical (unpaired) electrons. The lowest BCUT2D eigenvalue weighted by Crippen LogP contribution is -2.36. The second kappa shape index (κ2) is 6.12. The Bertz CT molecular complexity index is 428. The molecule has 1 aromatic rings. The molecule has 7 nitrogen and oxygen atoms in total. The van der Waals surface area contributed by atoms with Gasteiger partial charge in [0, 0.05) is 18.5 Å². The molecule has 106 valence electrons. The summed E-state index contributed by atoms with van der Waals surface area (Å²) >= 11 is 0. The summed E-state index contributed by atoms with van der Waals surface area (Å²) in [6.07, 6.45) is 2.18. The van der Waals surface area contributed by atoms with Crippen molar-refractivity contribution in [3.63, 3.8) is 0 Å². The van der Waals surface area contributed by atoms with Crippen LogP contribution in [-0.2, 0) is 4.79 Å². The van der Waals surface area contributed by atoms with Gasteiger partial charge >= 0.3 is 6.01 Å². The van der Waals surface area contributed by atoms with E-state index in [0.29, 0.717) is 18.5 Å². The molecule has 0 unspecified atom stereocenters. The minimum atomic E-state index is -0.195. The van der Waals surface area contributed by atoms with Crippen LogP contribution in [-0.4, -0.2) is 51.8 Å². The van der Waals surface area contributed by atoms with Gasteiger partial charge in [-0.3, -0.25) is 15.0 Å². The Balaban J connectivity index is 1.85. The zero-order valence-corrected chi connectivity index (χ0v) is 11.3.